The van der Waals surface area contributed by atoms with Gasteiger partial charge in [0.15, 0.2) is 34.5 Å². The minimum Gasteiger partial charge on any atom is -0.493 e. The van der Waals surface area contributed by atoms with Crippen molar-refractivity contribution < 1.29 is 33.2 Å². The van der Waals surface area contributed by atoms with Gasteiger partial charge >= 0.3 is 0 Å². The Labute approximate surface area is 221 Å². The lowest BCUT2D eigenvalue weighted by molar-refractivity contribution is 0.324. The topological polar surface area (TPSA) is 76.6 Å². The lowest BCUT2D eigenvalue weighted by atomic mass is 10.0. The minimum atomic E-state index is 0.544. The summed E-state index contributed by atoms with van der Waals surface area (Å²) in [5, 5.41) is 3.46. The molecule has 1 N–H and O–H groups in total. The summed E-state index contributed by atoms with van der Waals surface area (Å²) in [4.78, 5) is 0. The largest absolute Gasteiger partial charge is 0.493 e. The normalized spacial score (nSPS) is 11.3. The Morgan fingerprint density at radius 2 is 0.816 bits per heavy atom. The molecule has 0 aliphatic carbocycles. The number of hydrogen-bond acceptors (Lipinski definition) is 8. The molecule has 1 aliphatic rings. The number of rotatable bonds is 8. The molecule has 38 heavy (non-hydrogen) atoms. The van der Waals surface area contributed by atoms with E-state index in [-0.39, 0.29) is 0 Å². The molecule has 196 valence electrons. The van der Waals surface area contributed by atoms with Gasteiger partial charge in [0.1, 0.15) is 0 Å². The molecule has 0 unspecified atom stereocenters. The third-order valence-corrected chi connectivity index (χ3v) is 6.45. The molecule has 4 aromatic rings. The second-order valence-corrected chi connectivity index (χ2v) is 8.48. The molecule has 0 spiro atoms. The predicted octanol–water partition coefficient (Wildman–Crippen LogP) is 6.92. The van der Waals surface area contributed by atoms with E-state index in [1.807, 2.05) is 60.7 Å². The van der Waals surface area contributed by atoms with Crippen LogP contribution < -0.4 is 38.5 Å². The molecule has 0 aromatic heterocycles. The van der Waals surface area contributed by atoms with E-state index in [1.165, 1.54) is 0 Å². The van der Waals surface area contributed by atoms with Crippen LogP contribution in [0.3, 0.4) is 0 Å². The molecular weight excluding hydrogens is 486 g/mol. The van der Waals surface area contributed by atoms with Crippen molar-refractivity contribution in [3.05, 3.63) is 60.7 Å². The molecule has 0 fully saturated rings. The number of hydrogen-bond donors (Lipinski definition) is 1. The summed E-state index contributed by atoms with van der Waals surface area (Å²) in [7, 11) is 9.57. The second kappa shape index (κ2) is 10.3. The van der Waals surface area contributed by atoms with E-state index in [0.717, 1.165) is 33.6 Å². The molecule has 8 nitrogen and oxygen atoms in total. The summed E-state index contributed by atoms with van der Waals surface area (Å²) in [6.07, 6.45) is 0. The first-order valence-corrected chi connectivity index (χ1v) is 11.9. The van der Waals surface area contributed by atoms with Gasteiger partial charge in [0.2, 0.25) is 11.5 Å². The van der Waals surface area contributed by atoms with Gasteiger partial charge in [-0.05, 0) is 70.8 Å². The van der Waals surface area contributed by atoms with Crippen molar-refractivity contribution in [3.63, 3.8) is 0 Å². The molecule has 4 aromatic carbocycles. The number of nitrogens with one attached hydrogen (secondary N) is 1. The summed E-state index contributed by atoms with van der Waals surface area (Å²) in [6.45, 7) is 0. The van der Waals surface area contributed by atoms with Gasteiger partial charge in [-0.25, -0.2) is 0 Å². The van der Waals surface area contributed by atoms with Crippen LogP contribution in [0.1, 0.15) is 0 Å². The number of anilines is 2. The Morgan fingerprint density at radius 1 is 0.447 bits per heavy atom. The summed E-state index contributed by atoms with van der Waals surface area (Å²) in [5.74, 6) is 4.82. The van der Waals surface area contributed by atoms with E-state index in [4.69, 9.17) is 33.2 Å². The second-order valence-electron chi connectivity index (χ2n) is 8.48. The van der Waals surface area contributed by atoms with Crippen LogP contribution in [-0.2, 0) is 0 Å². The van der Waals surface area contributed by atoms with E-state index >= 15 is 0 Å². The molecule has 1 heterocycles. The number of fused-ring (bicyclic) bond motifs is 2. The molecule has 0 atom stereocenters. The molecule has 0 radical (unpaired) electrons. The first-order valence-electron chi connectivity index (χ1n) is 11.9. The first-order chi connectivity index (χ1) is 18.5. The van der Waals surface area contributed by atoms with E-state index in [2.05, 4.69) is 5.32 Å². The first kappa shape index (κ1) is 25.0. The third-order valence-electron chi connectivity index (χ3n) is 6.45. The Morgan fingerprint density at radius 3 is 1.13 bits per heavy atom. The van der Waals surface area contributed by atoms with Gasteiger partial charge in [-0.2, -0.15) is 0 Å². The Bertz CT molecular complexity index is 1340. The smallest absolute Gasteiger partial charge is 0.203 e. The molecule has 5 rings (SSSR count). The quantitative estimate of drug-likeness (QED) is 0.239. The number of ether oxygens (including phenoxy) is 7. The van der Waals surface area contributed by atoms with Crippen molar-refractivity contribution in [2.45, 2.75) is 0 Å². The SMILES string of the molecule is COc1cc(-c2ccc3c(c2)Oc2cc(-c4cc(OC)c(OC)c(OC)c4)ccc2N3)cc(OC)c1OC. The fourth-order valence-electron chi connectivity index (χ4n) is 4.54. The van der Waals surface area contributed by atoms with Crippen molar-refractivity contribution in [1.29, 1.82) is 0 Å². The highest BCUT2D eigenvalue weighted by molar-refractivity contribution is 5.83. The summed E-state index contributed by atoms with van der Waals surface area (Å²) in [5.41, 5.74) is 5.43. The van der Waals surface area contributed by atoms with Gasteiger partial charge in [0, 0.05) is 0 Å². The maximum Gasteiger partial charge on any atom is 0.203 e. The average molecular weight is 516 g/mol. The van der Waals surface area contributed by atoms with Crippen LogP contribution >= 0.6 is 0 Å². The van der Waals surface area contributed by atoms with Crippen LogP contribution in [0.4, 0.5) is 11.4 Å². The van der Waals surface area contributed by atoms with Gasteiger partial charge in [-0.3, -0.25) is 0 Å². The van der Waals surface area contributed by atoms with Crippen molar-refractivity contribution in [3.8, 4) is 68.2 Å². The fourth-order valence-corrected chi connectivity index (χ4v) is 4.54. The molecule has 0 amide bonds. The van der Waals surface area contributed by atoms with Gasteiger partial charge in [-0.1, -0.05) is 12.1 Å². The van der Waals surface area contributed by atoms with Crippen molar-refractivity contribution in [2.24, 2.45) is 0 Å². The number of methoxy groups -OCH3 is 6. The van der Waals surface area contributed by atoms with E-state index < -0.39 is 0 Å². The highest BCUT2D eigenvalue weighted by atomic mass is 16.5. The zero-order chi connectivity index (χ0) is 26.8. The van der Waals surface area contributed by atoms with Crippen molar-refractivity contribution in [2.75, 3.05) is 48.0 Å². The highest BCUT2D eigenvalue weighted by Crippen LogP contribution is 2.48. The standard InChI is InChI=1S/C30H29NO7/c1-32-25-13-19(14-26(33-2)29(25)36-5)17-7-9-21-23(11-17)38-24-12-18(8-10-22(24)31-21)20-15-27(34-3)30(37-6)28(16-20)35-4/h7-16,31H,1-6H3. The zero-order valence-corrected chi connectivity index (χ0v) is 22.1. The molecule has 8 heteroatoms. The molecule has 0 bridgehead atoms. The summed E-state index contributed by atoms with van der Waals surface area (Å²) < 4.78 is 39.4. The van der Waals surface area contributed by atoms with Crippen molar-refractivity contribution >= 4 is 11.4 Å². The molecule has 0 saturated carbocycles. The van der Waals surface area contributed by atoms with Gasteiger partial charge in [0.05, 0.1) is 54.0 Å². The van der Waals surface area contributed by atoms with Crippen LogP contribution in [-0.4, -0.2) is 42.7 Å². The average Bonchev–Trinajstić information content (AvgIpc) is 2.97. The van der Waals surface area contributed by atoms with E-state index in [0.29, 0.717) is 46.0 Å². The summed E-state index contributed by atoms with van der Waals surface area (Å²) in [6, 6.07) is 19.6. The highest BCUT2D eigenvalue weighted by Gasteiger charge is 2.21. The zero-order valence-electron chi connectivity index (χ0n) is 22.1. The predicted molar refractivity (Wildman–Crippen MR) is 146 cm³/mol. The van der Waals surface area contributed by atoms with E-state index in [9.17, 15) is 0 Å². The molecule has 0 saturated heterocycles. The fraction of sp³-hybridized carbons (Fsp3) is 0.200. The van der Waals surface area contributed by atoms with Crippen LogP contribution in [0, 0.1) is 0 Å². The lowest BCUT2D eigenvalue weighted by Gasteiger charge is -2.23. The Balaban J connectivity index is 1.51. The molecular formula is C30H29NO7. The van der Waals surface area contributed by atoms with E-state index in [1.54, 1.807) is 42.7 Å². The van der Waals surface area contributed by atoms with Crippen LogP contribution in [0.15, 0.2) is 60.7 Å². The number of benzene rings is 4. The van der Waals surface area contributed by atoms with Crippen LogP contribution in [0.5, 0.6) is 46.0 Å². The van der Waals surface area contributed by atoms with Crippen molar-refractivity contribution in [1.82, 2.24) is 0 Å². The monoisotopic (exact) mass is 515 g/mol. The van der Waals surface area contributed by atoms with Crippen LogP contribution in [0.25, 0.3) is 22.3 Å². The van der Waals surface area contributed by atoms with Gasteiger partial charge < -0.3 is 38.5 Å². The lowest BCUT2D eigenvalue weighted by Crippen LogP contribution is -2.03. The summed E-state index contributed by atoms with van der Waals surface area (Å²) >= 11 is 0. The maximum atomic E-state index is 6.38. The van der Waals surface area contributed by atoms with Crippen LogP contribution in [0.2, 0.25) is 0 Å². The molecule has 1 aliphatic heterocycles. The maximum absolute atomic E-state index is 6.38. The minimum absolute atomic E-state index is 0.544. The van der Waals surface area contributed by atoms with Gasteiger partial charge in [-0.15, -0.1) is 0 Å². The third kappa shape index (κ3) is 4.34. The van der Waals surface area contributed by atoms with Gasteiger partial charge in [0.25, 0.3) is 0 Å². The Kier molecular flexibility index (Phi) is 6.79. The Hall–Kier alpha value is -4.72.